The Labute approximate surface area is 85.5 Å². The van der Waals surface area contributed by atoms with Crippen molar-refractivity contribution >= 4 is 0 Å². The summed E-state index contributed by atoms with van der Waals surface area (Å²) in [5.74, 6) is 0. The van der Waals surface area contributed by atoms with Gasteiger partial charge in [-0.1, -0.05) is 30.3 Å². The number of hydrogen-bond acceptors (Lipinski definition) is 3. The molecular formula is C11H18N2O. The summed E-state index contributed by atoms with van der Waals surface area (Å²) in [5, 5.41) is 13.0. The van der Waals surface area contributed by atoms with E-state index in [0.29, 0.717) is 6.54 Å². The first kappa shape index (κ1) is 11.2. The lowest BCUT2D eigenvalue weighted by atomic mass is 10.2. The quantitative estimate of drug-likeness (QED) is 0.707. The molecule has 3 nitrogen and oxygen atoms in total. The molecule has 1 N–H and O–H groups in total. The summed E-state index contributed by atoms with van der Waals surface area (Å²) >= 11 is 0. The Balaban J connectivity index is 2.55. The van der Waals surface area contributed by atoms with Gasteiger partial charge < -0.3 is 5.11 Å². The van der Waals surface area contributed by atoms with E-state index in [9.17, 15) is 0 Å². The van der Waals surface area contributed by atoms with E-state index in [2.05, 4.69) is 17.1 Å². The van der Waals surface area contributed by atoms with Crippen molar-refractivity contribution in [3.05, 3.63) is 35.9 Å². The fraction of sp³-hybridized carbons (Fsp3) is 0.455. The minimum Gasteiger partial charge on any atom is -0.395 e. The molecule has 14 heavy (non-hydrogen) atoms. The molecule has 3 heteroatoms. The van der Waals surface area contributed by atoms with Crippen molar-refractivity contribution in [2.75, 3.05) is 27.2 Å². The zero-order valence-corrected chi connectivity index (χ0v) is 8.85. The van der Waals surface area contributed by atoms with Gasteiger partial charge in [-0.25, -0.2) is 10.0 Å². The number of nitrogens with zero attached hydrogens (tertiary/aromatic N) is 2. The van der Waals surface area contributed by atoms with Crippen LogP contribution in [0.5, 0.6) is 0 Å². The van der Waals surface area contributed by atoms with Crippen molar-refractivity contribution in [1.29, 1.82) is 0 Å². The second-order valence-corrected chi connectivity index (χ2v) is 3.44. The Morgan fingerprint density at radius 1 is 1.14 bits per heavy atom. The van der Waals surface area contributed by atoms with Crippen LogP contribution in [0.1, 0.15) is 5.56 Å². The summed E-state index contributed by atoms with van der Waals surface area (Å²) in [5.41, 5.74) is 1.26. The first-order valence-electron chi connectivity index (χ1n) is 4.81. The van der Waals surface area contributed by atoms with Crippen molar-refractivity contribution in [1.82, 2.24) is 10.0 Å². The van der Waals surface area contributed by atoms with Gasteiger partial charge in [0.25, 0.3) is 0 Å². The maximum absolute atomic E-state index is 8.90. The van der Waals surface area contributed by atoms with Crippen LogP contribution in [0.25, 0.3) is 0 Å². The fourth-order valence-corrected chi connectivity index (χ4v) is 1.33. The topological polar surface area (TPSA) is 26.7 Å². The molecule has 0 amide bonds. The summed E-state index contributed by atoms with van der Waals surface area (Å²) in [6.45, 7) is 1.70. The van der Waals surface area contributed by atoms with Crippen LogP contribution >= 0.6 is 0 Å². The van der Waals surface area contributed by atoms with Gasteiger partial charge in [0.2, 0.25) is 0 Å². The molecule has 0 aliphatic carbocycles. The Kier molecular flexibility index (Phi) is 4.59. The van der Waals surface area contributed by atoms with Crippen LogP contribution in [-0.4, -0.2) is 42.4 Å². The van der Waals surface area contributed by atoms with Crippen LogP contribution in [0.4, 0.5) is 0 Å². The third kappa shape index (κ3) is 3.46. The van der Waals surface area contributed by atoms with E-state index in [1.807, 2.05) is 37.3 Å². The van der Waals surface area contributed by atoms with Crippen LogP contribution in [0, 0.1) is 0 Å². The van der Waals surface area contributed by atoms with Crippen molar-refractivity contribution in [3.63, 3.8) is 0 Å². The molecule has 1 aromatic carbocycles. The van der Waals surface area contributed by atoms with E-state index in [1.54, 1.807) is 0 Å². The molecule has 1 rings (SSSR count). The number of hydrazine groups is 1. The van der Waals surface area contributed by atoms with Crippen molar-refractivity contribution in [2.24, 2.45) is 0 Å². The lowest BCUT2D eigenvalue weighted by Crippen LogP contribution is -2.38. The predicted octanol–water partition coefficient (Wildman–Crippen LogP) is 0.957. The molecule has 0 aromatic heterocycles. The van der Waals surface area contributed by atoms with E-state index < -0.39 is 0 Å². The van der Waals surface area contributed by atoms with Crippen LogP contribution < -0.4 is 0 Å². The average molecular weight is 194 g/mol. The molecule has 0 atom stereocenters. The Morgan fingerprint density at radius 2 is 1.79 bits per heavy atom. The highest BCUT2D eigenvalue weighted by Crippen LogP contribution is 2.04. The van der Waals surface area contributed by atoms with Crippen LogP contribution in [0.15, 0.2) is 30.3 Å². The molecule has 0 heterocycles. The van der Waals surface area contributed by atoms with E-state index in [-0.39, 0.29) is 6.61 Å². The summed E-state index contributed by atoms with van der Waals surface area (Å²) in [7, 11) is 3.97. The Hall–Kier alpha value is -0.900. The smallest absolute Gasteiger partial charge is 0.0572 e. The zero-order valence-electron chi connectivity index (χ0n) is 8.85. The Morgan fingerprint density at radius 3 is 2.29 bits per heavy atom. The second-order valence-electron chi connectivity index (χ2n) is 3.44. The van der Waals surface area contributed by atoms with Crippen LogP contribution in [0.3, 0.4) is 0 Å². The molecule has 0 aliphatic heterocycles. The molecule has 0 radical (unpaired) electrons. The van der Waals surface area contributed by atoms with Gasteiger partial charge in [-0.3, -0.25) is 0 Å². The summed E-state index contributed by atoms with van der Waals surface area (Å²) < 4.78 is 0. The lowest BCUT2D eigenvalue weighted by molar-refractivity contribution is 0.00196. The molecule has 1 aromatic rings. The first-order chi connectivity index (χ1) is 6.74. The molecule has 0 bridgehead atoms. The summed E-state index contributed by atoms with van der Waals surface area (Å²) in [6.07, 6.45) is 0. The molecule has 0 spiro atoms. The van der Waals surface area contributed by atoms with E-state index in [0.717, 1.165) is 6.54 Å². The highest BCUT2D eigenvalue weighted by molar-refractivity contribution is 5.14. The number of hydrogen-bond donors (Lipinski definition) is 1. The monoisotopic (exact) mass is 194 g/mol. The highest BCUT2D eigenvalue weighted by Gasteiger charge is 2.06. The van der Waals surface area contributed by atoms with Crippen molar-refractivity contribution in [2.45, 2.75) is 6.54 Å². The third-order valence-corrected chi connectivity index (χ3v) is 2.13. The van der Waals surface area contributed by atoms with Gasteiger partial charge in [-0.2, -0.15) is 0 Å². The molecule has 0 saturated heterocycles. The minimum atomic E-state index is 0.186. The molecule has 0 aliphatic rings. The standard InChI is InChI=1S/C11H18N2O/c1-12(2)13(8-9-14)10-11-6-4-3-5-7-11/h3-7,14H,8-10H2,1-2H3. The SMILES string of the molecule is CN(C)N(CCO)Cc1ccccc1. The second kappa shape index (κ2) is 5.75. The maximum atomic E-state index is 8.90. The predicted molar refractivity (Wildman–Crippen MR) is 57.6 cm³/mol. The molecule has 78 valence electrons. The maximum Gasteiger partial charge on any atom is 0.0572 e. The van der Waals surface area contributed by atoms with Gasteiger partial charge in [0.1, 0.15) is 0 Å². The summed E-state index contributed by atoms with van der Waals surface area (Å²) in [6, 6.07) is 10.3. The Bertz CT molecular complexity index is 249. The van der Waals surface area contributed by atoms with Gasteiger partial charge in [-0.05, 0) is 5.56 Å². The third-order valence-electron chi connectivity index (χ3n) is 2.13. The van der Waals surface area contributed by atoms with E-state index in [4.69, 9.17) is 5.11 Å². The molecule has 0 saturated carbocycles. The van der Waals surface area contributed by atoms with Gasteiger partial charge >= 0.3 is 0 Å². The van der Waals surface area contributed by atoms with E-state index in [1.165, 1.54) is 5.56 Å². The van der Waals surface area contributed by atoms with Gasteiger partial charge in [0.05, 0.1) is 6.61 Å². The lowest BCUT2D eigenvalue weighted by Gasteiger charge is -2.28. The fourth-order valence-electron chi connectivity index (χ4n) is 1.33. The largest absolute Gasteiger partial charge is 0.395 e. The van der Waals surface area contributed by atoms with Crippen LogP contribution in [0.2, 0.25) is 0 Å². The summed E-state index contributed by atoms with van der Waals surface area (Å²) in [4.78, 5) is 0. The zero-order chi connectivity index (χ0) is 10.4. The number of aliphatic hydroxyl groups is 1. The number of benzene rings is 1. The highest BCUT2D eigenvalue weighted by atomic mass is 16.3. The number of aliphatic hydroxyl groups excluding tert-OH is 1. The van der Waals surface area contributed by atoms with Gasteiger partial charge in [0.15, 0.2) is 0 Å². The van der Waals surface area contributed by atoms with Crippen LogP contribution in [-0.2, 0) is 6.54 Å². The first-order valence-corrected chi connectivity index (χ1v) is 4.81. The normalized spacial score (nSPS) is 11.2. The van der Waals surface area contributed by atoms with Gasteiger partial charge in [0, 0.05) is 27.2 Å². The molecule has 0 unspecified atom stereocenters. The average Bonchev–Trinajstić information content (AvgIpc) is 2.18. The van der Waals surface area contributed by atoms with Crippen molar-refractivity contribution in [3.8, 4) is 0 Å². The molecular weight excluding hydrogens is 176 g/mol. The molecule has 0 fully saturated rings. The van der Waals surface area contributed by atoms with E-state index >= 15 is 0 Å². The number of rotatable bonds is 5. The van der Waals surface area contributed by atoms with Gasteiger partial charge in [-0.15, -0.1) is 0 Å². The van der Waals surface area contributed by atoms with Crippen molar-refractivity contribution < 1.29 is 5.11 Å². The minimum absolute atomic E-state index is 0.186.